The average molecular weight is 583 g/mol. The molecule has 0 aliphatic carbocycles. The molecule has 0 saturated heterocycles. The maximum atomic E-state index is 6.67. The van der Waals surface area contributed by atoms with Crippen molar-refractivity contribution < 1.29 is 4.74 Å². The van der Waals surface area contributed by atoms with Gasteiger partial charge in [0, 0.05) is 68.0 Å². The van der Waals surface area contributed by atoms with E-state index < -0.39 is 0 Å². The van der Waals surface area contributed by atoms with Crippen LogP contribution in [0.4, 0.5) is 0 Å². The molecule has 0 spiro atoms. The molecular weight excluding hydrogens is 552 g/mol. The average Bonchev–Trinajstić information content (AvgIpc) is 3.56. The van der Waals surface area contributed by atoms with Gasteiger partial charge in [0.15, 0.2) is 0 Å². The summed E-state index contributed by atoms with van der Waals surface area (Å²) in [6.07, 6.45) is 3.78. The van der Waals surface area contributed by atoms with E-state index in [9.17, 15) is 0 Å². The molecule has 2 aliphatic heterocycles. The fourth-order valence-electron chi connectivity index (χ4n) is 8.22. The first kappa shape index (κ1) is 25.0. The number of hydrogen-bond donors (Lipinski definition) is 0. The number of ether oxygens (including phenoxy) is 1. The fraction of sp³-hybridized carbons (Fsp3) is 0.150. The molecule has 216 valence electrons. The highest BCUT2D eigenvalue weighted by Crippen LogP contribution is 2.49. The van der Waals surface area contributed by atoms with Gasteiger partial charge in [-0.2, -0.15) is 0 Å². The molecule has 0 unspecified atom stereocenters. The van der Waals surface area contributed by atoms with Crippen LogP contribution in [0, 0.1) is 0 Å². The molecule has 0 N–H and O–H groups in total. The van der Waals surface area contributed by atoms with Gasteiger partial charge in [-0.15, -0.1) is 0 Å². The van der Waals surface area contributed by atoms with Crippen molar-refractivity contribution in [3.05, 3.63) is 132 Å². The zero-order chi connectivity index (χ0) is 30.2. The summed E-state index contributed by atoms with van der Waals surface area (Å²) < 4.78 is 11.3. The van der Waals surface area contributed by atoms with Gasteiger partial charge in [0.25, 0.3) is 0 Å². The Morgan fingerprint density at radius 2 is 0.933 bits per heavy atom. The van der Waals surface area contributed by atoms with Gasteiger partial charge in [0.05, 0.1) is 22.1 Å². The number of hydrogen-bond acceptors (Lipinski definition) is 3. The number of pyridine rings is 2. The third kappa shape index (κ3) is 3.03. The van der Waals surface area contributed by atoms with Crippen LogP contribution in [0.25, 0.3) is 55.2 Å². The van der Waals surface area contributed by atoms with E-state index in [1.165, 1.54) is 54.8 Å². The van der Waals surface area contributed by atoms with E-state index in [1.807, 2.05) is 24.5 Å². The molecular formula is C40H30N4O. The number of benzene rings is 4. The predicted molar refractivity (Wildman–Crippen MR) is 181 cm³/mol. The lowest BCUT2D eigenvalue weighted by atomic mass is 9.76. The van der Waals surface area contributed by atoms with Gasteiger partial charge < -0.3 is 4.74 Å². The van der Waals surface area contributed by atoms with Crippen molar-refractivity contribution >= 4 is 43.6 Å². The highest BCUT2D eigenvalue weighted by Gasteiger charge is 2.37. The molecule has 8 aromatic rings. The van der Waals surface area contributed by atoms with E-state index in [0.717, 1.165) is 34.2 Å². The molecule has 0 bridgehead atoms. The van der Waals surface area contributed by atoms with Crippen LogP contribution >= 0.6 is 0 Å². The summed E-state index contributed by atoms with van der Waals surface area (Å²) >= 11 is 0. The van der Waals surface area contributed by atoms with E-state index >= 15 is 0 Å². The van der Waals surface area contributed by atoms with Gasteiger partial charge in [0.2, 0.25) is 0 Å². The molecule has 5 heteroatoms. The molecule has 4 aromatic carbocycles. The molecule has 0 amide bonds. The van der Waals surface area contributed by atoms with Gasteiger partial charge in [-0.05, 0) is 47.5 Å². The summed E-state index contributed by atoms with van der Waals surface area (Å²) in [6, 6.07) is 34.7. The first-order valence-corrected chi connectivity index (χ1v) is 15.6. The Morgan fingerprint density at radius 1 is 0.489 bits per heavy atom. The van der Waals surface area contributed by atoms with Crippen LogP contribution in [-0.2, 0) is 10.8 Å². The highest BCUT2D eigenvalue weighted by molar-refractivity contribution is 6.13. The smallest absolute Gasteiger partial charge is 0.141 e. The lowest BCUT2D eigenvalue weighted by Crippen LogP contribution is -2.26. The summed E-state index contributed by atoms with van der Waals surface area (Å²) in [5, 5.41) is 4.88. The standard InChI is InChI=1S/C40H30N4O/c1-39(2)29-11-5-9-27-25-17-15-23(21-33(25)43(35(27)29)37-31(39)13-7-19-41-37)45-24-16-18-26-28-10-6-12-30-36(28)44(34(26)22-24)38-32(40(30,3)4)14-8-20-42-38/h5-22H,1-4H3. The molecule has 4 aromatic heterocycles. The molecule has 5 nitrogen and oxygen atoms in total. The van der Waals surface area contributed by atoms with Gasteiger partial charge in [-0.1, -0.05) is 76.2 Å². The van der Waals surface area contributed by atoms with Gasteiger partial charge in [-0.25, -0.2) is 9.97 Å². The monoisotopic (exact) mass is 582 g/mol. The lowest BCUT2D eigenvalue weighted by molar-refractivity contribution is 0.484. The van der Waals surface area contributed by atoms with Crippen LogP contribution in [0.15, 0.2) is 109 Å². The summed E-state index contributed by atoms with van der Waals surface area (Å²) in [5.41, 5.74) is 9.44. The maximum absolute atomic E-state index is 6.67. The van der Waals surface area contributed by atoms with Crippen molar-refractivity contribution in [3.63, 3.8) is 0 Å². The van der Waals surface area contributed by atoms with E-state index in [1.54, 1.807) is 0 Å². The van der Waals surface area contributed by atoms with Crippen LogP contribution in [0.1, 0.15) is 49.9 Å². The number of rotatable bonds is 2. The molecule has 0 saturated carbocycles. The number of fused-ring (bicyclic) bond motifs is 10. The van der Waals surface area contributed by atoms with E-state index in [2.05, 4.69) is 122 Å². The van der Waals surface area contributed by atoms with Crippen molar-refractivity contribution in [1.29, 1.82) is 0 Å². The summed E-state index contributed by atoms with van der Waals surface area (Å²) in [7, 11) is 0. The third-order valence-corrected chi connectivity index (χ3v) is 10.4. The Balaban J connectivity index is 1.17. The van der Waals surface area contributed by atoms with Crippen LogP contribution in [0.3, 0.4) is 0 Å². The number of nitrogens with zero attached hydrogens (tertiary/aromatic N) is 4. The summed E-state index contributed by atoms with van der Waals surface area (Å²) in [4.78, 5) is 9.81. The fourth-order valence-corrected chi connectivity index (χ4v) is 8.22. The van der Waals surface area contributed by atoms with Crippen LogP contribution < -0.4 is 4.74 Å². The van der Waals surface area contributed by atoms with E-state index in [0.29, 0.717) is 0 Å². The number of aromatic nitrogens is 4. The van der Waals surface area contributed by atoms with Gasteiger partial charge >= 0.3 is 0 Å². The van der Waals surface area contributed by atoms with Crippen molar-refractivity contribution in [2.45, 2.75) is 38.5 Å². The number of para-hydroxylation sites is 2. The Kier molecular flexibility index (Phi) is 4.54. The largest absolute Gasteiger partial charge is 0.457 e. The molecule has 0 radical (unpaired) electrons. The second-order valence-electron chi connectivity index (χ2n) is 13.5. The quantitative estimate of drug-likeness (QED) is 0.204. The molecule has 0 fully saturated rings. The zero-order valence-electron chi connectivity index (χ0n) is 25.6. The van der Waals surface area contributed by atoms with E-state index in [-0.39, 0.29) is 10.8 Å². The molecule has 10 rings (SSSR count). The maximum Gasteiger partial charge on any atom is 0.141 e. The second-order valence-corrected chi connectivity index (χ2v) is 13.5. The van der Waals surface area contributed by atoms with Gasteiger partial charge in [0.1, 0.15) is 23.1 Å². The van der Waals surface area contributed by atoms with Crippen molar-refractivity contribution in [2.75, 3.05) is 0 Å². The minimum atomic E-state index is -0.147. The highest BCUT2D eigenvalue weighted by atomic mass is 16.5. The first-order chi connectivity index (χ1) is 21.8. The zero-order valence-corrected chi connectivity index (χ0v) is 25.6. The van der Waals surface area contributed by atoms with Crippen molar-refractivity contribution in [1.82, 2.24) is 19.1 Å². The Hall–Kier alpha value is -5.42. The minimum Gasteiger partial charge on any atom is -0.457 e. The van der Waals surface area contributed by atoms with Crippen LogP contribution in [0.5, 0.6) is 11.5 Å². The molecule has 2 aliphatic rings. The van der Waals surface area contributed by atoms with E-state index in [4.69, 9.17) is 14.7 Å². The normalized spacial score (nSPS) is 15.5. The first-order valence-electron chi connectivity index (χ1n) is 15.6. The topological polar surface area (TPSA) is 44.9 Å². The molecule has 6 heterocycles. The lowest BCUT2D eigenvalue weighted by Gasteiger charge is -2.33. The molecule has 45 heavy (non-hydrogen) atoms. The Labute approximate surface area is 260 Å². The van der Waals surface area contributed by atoms with Crippen LogP contribution in [0.2, 0.25) is 0 Å². The minimum absolute atomic E-state index is 0.147. The molecule has 0 atom stereocenters. The predicted octanol–water partition coefficient (Wildman–Crippen LogP) is 9.74. The summed E-state index contributed by atoms with van der Waals surface area (Å²) in [6.45, 7) is 9.18. The SMILES string of the molecule is CC1(C)c2cccnc2-n2c3cc(Oc4ccc5c6cccc7c6n(c5c4)-c4ncccc4C7(C)C)ccc3c3cccc1c32. The Morgan fingerprint density at radius 3 is 1.40 bits per heavy atom. The third-order valence-electron chi connectivity index (χ3n) is 10.4. The van der Waals surface area contributed by atoms with Crippen molar-refractivity contribution in [2.24, 2.45) is 0 Å². The Bertz CT molecular complexity index is 2400. The van der Waals surface area contributed by atoms with Crippen LogP contribution in [-0.4, -0.2) is 19.1 Å². The second kappa shape index (κ2) is 8.19. The summed E-state index contributed by atoms with van der Waals surface area (Å²) in [5.74, 6) is 3.56. The van der Waals surface area contributed by atoms with Gasteiger partial charge in [-0.3, -0.25) is 9.13 Å². The van der Waals surface area contributed by atoms with Crippen molar-refractivity contribution in [3.8, 4) is 23.1 Å².